The van der Waals surface area contributed by atoms with Crippen molar-refractivity contribution in [2.75, 3.05) is 11.9 Å². The van der Waals surface area contributed by atoms with E-state index in [9.17, 15) is 25.0 Å². The number of hydrogen-bond donors (Lipinski definition) is 1. The summed E-state index contributed by atoms with van der Waals surface area (Å²) >= 11 is 0. The maximum Gasteiger partial charge on any atom is 0.286 e. The van der Waals surface area contributed by atoms with Crippen molar-refractivity contribution in [2.45, 2.75) is 0 Å². The minimum absolute atomic E-state index is 0.0337. The predicted octanol–water partition coefficient (Wildman–Crippen LogP) is 3.84. The summed E-state index contributed by atoms with van der Waals surface area (Å²) in [4.78, 5) is 37.2. The number of nitro groups is 2. The van der Waals surface area contributed by atoms with Crippen LogP contribution in [0.3, 0.4) is 0 Å². The van der Waals surface area contributed by atoms with Crippen molar-refractivity contribution >= 4 is 28.6 Å². The number of amides is 1. The fourth-order valence-electron chi connectivity index (χ4n) is 2.99. The smallest absolute Gasteiger partial charge is 0.286 e. The zero-order chi connectivity index (χ0) is 22.7. The molecule has 0 bridgehead atoms. The molecule has 4 rings (SSSR count). The van der Waals surface area contributed by atoms with E-state index in [1.165, 1.54) is 30.5 Å². The minimum Gasteiger partial charge on any atom is -0.484 e. The maximum absolute atomic E-state index is 12.1. The van der Waals surface area contributed by atoms with Crippen molar-refractivity contribution < 1.29 is 19.4 Å². The van der Waals surface area contributed by atoms with E-state index in [0.717, 1.165) is 5.56 Å². The molecule has 0 aliphatic rings. The molecule has 1 amide bonds. The van der Waals surface area contributed by atoms with Crippen molar-refractivity contribution in [3.63, 3.8) is 0 Å². The number of imidazole rings is 1. The van der Waals surface area contributed by atoms with E-state index in [2.05, 4.69) is 10.3 Å². The van der Waals surface area contributed by atoms with Gasteiger partial charge in [-0.15, -0.1) is 0 Å². The number of anilines is 1. The highest BCUT2D eigenvalue weighted by Gasteiger charge is 2.11. The topological polar surface area (TPSA) is 142 Å². The Morgan fingerprint density at radius 3 is 2.44 bits per heavy atom. The van der Waals surface area contributed by atoms with Crippen LogP contribution in [0.1, 0.15) is 0 Å². The van der Waals surface area contributed by atoms with Crippen LogP contribution in [0.25, 0.3) is 16.9 Å². The molecule has 1 N–H and O–H groups in total. The van der Waals surface area contributed by atoms with E-state index in [4.69, 9.17) is 4.74 Å². The molecular weight excluding hydrogens is 418 g/mol. The van der Waals surface area contributed by atoms with Crippen molar-refractivity contribution in [3.8, 4) is 17.0 Å². The molecule has 0 aliphatic carbocycles. The van der Waals surface area contributed by atoms with Crippen LogP contribution in [0.2, 0.25) is 0 Å². The molecule has 0 aliphatic heterocycles. The molecule has 11 nitrogen and oxygen atoms in total. The lowest BCUT2D eigenvalue weighted by atomic mass is 10.2. The minimum atomic E-state index is -0.544. The molecule has 0 fully saturated rings. The van der Waals surface area contributed by atoms with Gasteiger partial charge in [-0.25, -0.2) is 4.98 Å². The summed E-state index contributed by atoms with van der Waals surface area (Å²) < 4.78 is 7.04. The molecule has 0 saturated carbocycles. The molecule has 11 heteroatoms. The SMILES string of the molecule is O=C(COc1ccc(-c2cn3cc([N+](=O)[O-])ccc3n2)cc1)Nc1cccc([N+](=O)[O-])c1. The Balaban J connectivity index is 1.39. The van der Waals surface area contributed by atoms with Gasteiger partial charge >= 0.3 is 0 Å². The standard InChI is InChI=1S/C21H15N5O6/c27-21(22-15-2-1-3-16(10-15)25(28)29)13-32-18-7-4-14(5-8-18)19-12-24-11-17(26(30)31)6-9-20(24)23-19/h1-12H,13H2,(H,22,27). The van der Waals surface area contributed by atoms with Crippen molar-refractivity contribution in [1.82, 2.24) is 9.38 Å². The maximum atomic E-state index is 12.1. The number of pyridine rings is 1. The van der Waals surface area contributed by atoms with Gasteiger partial charge in [0, 0.05) is 35.6 Å². The van der Waals surface area contributed by atoms with Gasteiger partial charge in [0.15, 0.2) is 6.61 Å². The number of carbonyl (C=O) groups is 1. The molecular formula is C21H15N5O6. The first kappa shape index (κ1) is 20.5. The second-order valence-corrected chi connectivity index (χ2v) is 6.70. The molecule has 4 aromatic rings. The third-order valence-electron chi connectivity index (χ3n) is 4.51. The van der Waals surface area contributed by atoms with Gasteiger partial charge in [-0.1, -0.05) is 6.07 Å². The van der Waals surface area contributed by atoms with Gasteiger partial charge < -0.3 is 10.1 Å². The Morgan fingerprint density at radius 2 is 1.72 bits per heavy atom. The highest BCUT2D eigenvalue weighted by Crippen LogP contribution is 2.24. The second kappa shape index (κ2) is 8.52. The fraction of sp³-hybridized carbons (Fsp3) is 0.0476. The summed E-state index contributed by atoms with van der Waals surface area (Å²) in [6.07, 6.45) is 3.08. The summed E-state index contributed by atoms with van der Waals surface area (Å²) in [6, 6.07) is 15.4. The molecule has 0 saturated heterocycles. The lowest BCUT2D eigenvalue weighted by Crippen LogP contribution is -2.20. The van der Waals surface area contributed by atoms with Crippen molar-refractivity contribution in [1.29, 1.82) is 0 Å². The van der Waals surface area contributed by atoms with Gasteiger partial charge in [0.25, 0.3) is 17.3 Å². The van der Waals surface area contributed by atoms with E-state index in [0.29, 0.717) is 22.8 Å². The molecule has 2 aromatic heterocycles. The number of rotatable bonds is 7. The van der Waals surface area contributed by atoms with Gasteiger partial charge in [-0.05, 0) is 36.4 Å². The number of hydrogen-bond acceptors (Lipinski definition) is 7. The summed E-state index contributed by atoms with van der Waals surface area (Å²) in [5, 5.41) is 24.3. The molecule has 0 radical (unpaired) electrons. The highest BCUT2D eigenvalue weighted by molar-refractivity contribution is 5.92. The average Bonchev–Trinajstić information content (AvgIpc) is 3.21. The van der Waals surface area contributed by atoms with Gasteiger partial charge in [-0.3, -0.25) is 29.4 Å². The number of nitrogens with one attached hydrogen (secondary N) is 1. The number of carbonyl (C=O) groups excluding carboxylic acids is 1. The van der Waals surface area contributed by atoms with Crippen LogP contribution < -0.4 is 10.1 Å². The first-order valence-electron chi connectivity index (χ1n) is 9.30. The van der Waals surface area contributed by atoms with Crippen LogP contribution in [0.5, 0.6) is 5.75 Å². The zero-order valence-electron chi connectivity index (χ0n) is 16.4. The van der Waals surface area contributed by atoms with Crippen LogP contribution in [0.15, 0.2) is 73.1 Å². The van der Waals surface area contributed by atoms with Crippen LogP contribution >= 0.6 is 0 Å². The van der Waals surface area contributed by atoms with Gasteiger partial charge in [0.05, 0.1) is 21.7 Å². The summed E-state index contributed by atoms with van der Waals surface area (Å²) in [5.41, 5.74) is 2.11. The number of non-ortho nitro benzene ring substituents is 1. The molecule has 32 heavy (non-hydrogen) atoms. The Morgan fingerprint density at radius 1 is 0.969 bits per heavy atom. The number of nitrogens with zero attached hydrogens (tertiary/aromatic N) is 4. The third kappa shape index (κ3) is 4.51. The third-order valence-corrected chi connectivity index (χ3v) is 4.51. The largest absolute Gasteiger partial charge is 0.484 e. The molecule has 0 atom stereocenters. The van der Waals surface area contributed by atoms with Crippen LogP contribution in [-0.2, 0) is 4.79 Å². The Hall–Kier alpha value is -4.80. The van der Waals surface area contributed by atoms with Crippen LogP contribution in [0.4, 0.5) is 17.1 Å². The number of nitro benzene ring substituents is 1. The van der Waals surface area contributed by atoms with E-state index in [1.54, 1.807) is 47.0 Å². The van der Waals surface area contributed by atoms with E-state index >= 15 is 0 Å². The fourth-order valence-corrected chi connectivity index (χ4v) is 2.99. The molecule has 0 spiro atoms. The summed E-state index contributed by atoms with van der Waals surface area (Å²) in [5.74, 6) is -0.0149. The number of fused-ring (bicyclic) bond motifs is 1. The molecule has 0 unspecified atom stereocenters. The zero-order valence-corrected chi connectivity index (χ0v) is 16.4. The van der Waals surface area contributed by atoms with Crippen molar-refractivity contribution in [3.05, 3.63) is 93.3 Å². The van der Waals surface area contributed by atoms with Gasteiger partial charge in [-0.2, -0.15) is 0 Å². The molecule has 2 aromatic carbocycles. The Bertz CT molecular complexity index is 1330. The Labute approximate surface area is 180 Å². The van der Waals surface area contributed by atoms with E-state index in [-0.39, 0.29) is 18.0 Å². The summed E-state index contributed by atoms with van der Waals surface area (Å²) in [6.45, 7) is -0.278. The normalized spacial score (nSPS) is 10.6. The lowest BCUT2D eigenvalue weighted by Gasteiger charge is -2.08. The van der Waals surface area contributed by atoms with Crippen molar-refractivity contribution in [2.24, 2.45) is 0 Å². The quantitative estimate of drug-likeness (QED) is 0.345. The van der Waals surface area contributed by atoms with E-state index < -0.39 is 15.8 Å². The first-order chi connectivity index (χ1) is 15.4. The van der Waals surface area contributed by atoms with Crippen LogP contribution in [-0.4, -0.2) is 31.7 Å². The summed E-state index contributed by atoms with van der Waals surface area (Å²) in [7, 11) is 0. The van der Waals surface area contributed by atoms with Crippen LogP contribution in [0, 0.1) is 20.2 Å². The number of benzene rings is 2. The first-order valence-corrected chi connectivity index (χ1v) is 9.30. The van der Waals surface area contributed by atoms with Gasteiger partial charge in [0.2, 0.25) is 0 Å². The predicted molar refractivity (Wildman–Crippen MR) is 115 cm³/mol. The lowest BCUT2D eigenvalue weighted by molar-refractivity contribution is -0.385. The average molecular weight is 433 g/mol. The monoisotopic (exact) mass is 433 g/mol. The van der Waals surface area contributed by atoms with E-state index in [1.807, 2.05) is 0 Å². The highest BCUT2D eigenvalue weighted by atomic mass is 16.6. The molecule has 160 valence electrons. The number of ether oxygens (including phenoxy) is 1. The second-order valence-electron chi connectivity index (χ2n) is 6.70. The Kier molecular flexibility index (Phi) is 5.45. The molecule has 2 heterocycles. The van der Waals surface area contributed by atoms with Gasteiger partial charge in [0.1, 0.15) is 11.4 Å². The number of aromatic nitrogens is 2.